The molecule has 1 atom stereocenters. The first kappa shape index (κ1) is 9.80. The molecule has 1 fully saturated rings. The number of hydrogen-bond donors (Lipinski definition) is 2. The third kappa shape index (κ3) is 1.60. The smallest absolute Gasteiger partial charge is 0.162 e. The van der Waals surface area contributed by atoms with Crippen molar-refractivity contribution in [2.45, 2.75) is 12.5 Å². The molecule has 1 aliphatic heterocycles. The minimum atomic E-state index is 0.243. The zero-order valence-electron chi connectivity index (χ0n) is 7.88. The van der Waals surface area contributed by atoms with E-state index in [9.17, 15) is 5.11 Å². The van der Waals surface area contributed by atoms with E-state index < -0.39 is 0 Å². The van der Waals surface area contributed by atoms with Gasteiger partial charge in [0, 0.05) is 16.1 Å². The molecular formula is C10H12BrNO2. The first-order valence-electron chi connectivity index (χ1n) is 4.52. The van der Waals surface area contributed by atoms with E-state index >= 15 is 0 Å². The molecule has 1 aliphatic rings. The summed E-state index contributed by atoms with van der Waals surface area (Å²) in [5.74, 6) is 0.760. The first-order valence-corrected chi connectivity index (χ1v) is 5.31. The average Bonchev–Trinajstić information content (AvgIpc) is 2.07. The van der Waals surface area contributed by atoms with Gasteiger partial charge in [0.25, 0.3) is 0 Å². The summed E-state index contributed by atoms with van der Waals surface area (Å²) in [6.45, 7) is 1.01. The predicted octanol–water partition coefficient (Wildman–Crippen LogP) is 2.20. The molecule has 0 radical (unpaired) electrons. The van der Waals surface area contributed by atoms with Gasteiger partial charge in [-0.15, -0.1) is 0 Å². The van der Waals surface area contributed by atoms with Gasteiger partial charge in [0.05, 0.1) is 7.11 Å². The molecule has 3 nitrogen and oxygen atoms in total. The number of benzene rings is 1. The molecule has 14 heavy (non-hydrogen) atoms. The Bertz CT molecular complexity index is 350. The van der Waals surface area contributed by atoms with E-state index in [4.69, 9.17) is 4.74 Å². The number of ether oxygens (including phenoxy) is 1. The highest BCUT2D eigenvalue weighted by Gasteiger charge is 2.23. The van der Waals surface area contributed by atoms with Gasteiger partial charge < -0.3 is 15.2 Å². The number of rotatable bonds is 2. The molecule has 1 heterocycles. The van der Waals surface area contributed by atoms with Crippen LogP contribution in [-0.2, 0) is 0 Å². The standard InChI is InChI=1S/C10H12BrNO2/c1-14-9-5-6(11)4-7(10(9)13)8-2-3-12-8/h4-5,8,12-13H,2-3H2,1H3/t8-/m0/s1. The summed E-state index contributed by atoms with van der Waals surface area (Å²) in [6, 6.07) is 3.95. The van der Waals surface area contributed by atoms with Crippen molar-refractivity contribution in [2.24, 2.45) is 0 Å². The van der Waals surface area contributed by atoms with Gasteiger partial charge >= 0.3 is 0 Å². The molecule has 0 spiro atoms. The Kier molecular flexibility index (Phi) is 2.65. The quantitative estimate of drug-likeness (QED) is 0.854. The van der Waals surface area contributed by atoms with E-state index in [2.05, 4.69) is 21.2 Å². The van der Waals surface area contributed by atoms with E-state index in [0.29, 0.717) is 5.75 Å². The fraction of sp³-hybridized carbons (Fsp3) is 0.400. The summed E-state index contributed by atoms with van der Waals surface area (Å²) in [5, 5.41) is 13.1. The van der Waals surface area contributed by atoms with Gasteiger partial charge in [-0.3, -0.25) is 0 Å². The Morgan fingerprint density at radius 3 is 2.79 bits per heavy atom. The Labute approximate surface area is 91.2 Å². The van der Waals surface area contributed by atoms with Crippen molar-refractivity contribution in [3.8, 4) is 11.5 Å². The minimum Gasteiger partial charge on any atom is -0.504 e. The fourth-order valence-corrected chi connectivity index (χ4v) is 2.02. The van der Waals surface area contributed by atoms with Crippen LogP contribution in [0.5, 0.6) is 11.5 Å². The molecule has 4 heteroatoms. The third-order valence-electron chi connectivity index (χ3n) is 2.49. The zero-order valence-corrected chi connectivity index (χ0v) is 9.47. The molecule has 76 valence electrons. The summed E-state index contributed by atoms with van der Waals surface area (Å²) in [4.78, 5) is 0. The second kappa shape index (κ2) is 3.79. The van der Waals surface area contributed by atoms with Crippen LogP contribution in [0.4, 0.5) is 0 Å². The van der Waals surface area contributed by atoms with E-state index in [1.807, 2.05) is 6.07 Å². The summed E-state index contributed by atoms with van der Waals surface area (Å²) in [6.07, 6.45) is 1.06. The molecular weight excluding hydrogens is 246 g/mol. The van der Waals surface area contributed by atoms with Crippen LogP contribution in [0.15, 0.2) is 16.6 Å². The van der Waals surface area contributed by atoms with Crippen molar-refractivity contribution < 1.29 is 9.84 Å². The van der Waals surface area contributed by atoms with Crippen LogP contribution in [-0.4, -0.2) is 18.8 Å². The molecule has 0 bridgehead atoms. The second-order valence-corrected chi connectivity index (χ2v) is 4.26. The van der Waals surface area contributed by atoms with Gasteiger partial charge in [-0.05, 0) is 25.1 Å². The average molecular weight is 258 g/mol. The van der Waals surface area contributed by atoms with Gasteiger partial charge in [-0.25, -0.2) is 0 Å². The number of aromatic hydroxyl groups is 1. The monoisotopic (exact) mass is 257 g/mol. The lowest BCUT2D eigenvalue weighted by Gasteiger charge is -2.29. The molecule has 2 N–H and O–H groups in total. The molecule has 0 aromatic heterocycles. The van der Waals surface area contributed by atoms with Crippen molar-refractivity contribution in [1.29, 1.82) is 0 Å². The van der Waals surface area contributed by atoms with E-state index in [0.717, 1.165) is 23.0 Å². The van der Waals surface area contributed by atoms with Crippen molar-refractivity contribution in [1.82, 2.24) is 5.32 Å². The van der Waals surface area contributed by atoms with Crippen molar-refractivity contribution in [3.63, 3.8) is 0 Å². The number of phenolic OH excluding ortho intramolecular Hbond substituents is 1. The van der Waals surface area contributed by atoms with Gasteiger partial charge in [-0.1, -0.05) is 15.9 Å². The van der Waals surface area contributed by atoms with Crippen LogP contribution in [0.2, 0.25) is 0 Å². The summed E-state index contributed by atoms with van der Waals surface area (Å²) in [5.41, 5.74) is 0.905. The number of halogens is 1. The fourth-order valence-electron chi connectivity index (χ4n) is 1.57. The number of nitrogens with one attached hydrogen (secondary N) is 1. The molecule has 2 rings (SSSR count). The largest absolute Gasteiger partial charge is 0.504 e. The Morgan fingerprint density at radius 1 is 1.57 bits per heavy atom. The normalized spacial score (nSPS) is 20.3. The molecule has 1 aromatic carbocycles. The van der Waals surface area contributed by atoms with Gasteiger partial charge in [0.1, 0.15) is 0 Å². The Balaban J connectivity index is 2.41. The maximum absolute atomic E-state index is 9.86. The van der Waals surface area contributed by atoms with Crippen LogP contribution in [0, 0.1) is 0 Å². The van der Waals surface area contributed by atoms with Crippen molar-refractivity contribution in [3.05, 3.63) is 22.2 Å². The lowest BCUT2D eigenvalue weighted by atomic mass is 9.97. The van der Waals surface area contributed by atoms with Crippen molar-refractivity contribution >= 4 is 15.9 Å². The van der Waals surface area contributed by atoms with Gasteiger partial charge in [-0.2, -0.15) is 0 Å². The van der Waals surface area contributed by atoms with Crippen LogP contribution >= 0.6 is 15.9 Å². The summed E-state index contributed by atoms with van der Waals surface area (Å²) < 4.78 is 6.00. The van der Waals surface area contributed by atoms with Crippen LogP contribution < -0.4 is 10.1 Å². The lowest BCUT2D eigenvalue weighted by molar-refractivity contribution is 0.341. The molecule has 1 saturated heterocycles. The van der Waals surface area contributed by atoms with E-state index in [-0.39, 0.29) is 11.8 Å². The third-order valence-corrected chi connectivity index (χ3v) is 2.95. The highest BCUT2D eigenvalue weighted by Crippen LogP contribution is 2.39. The zero-order chi connectivity index (χ0) is 10.1. The van der Waals surface area contributed by atoms with E-state index in [1.165, 1.54) is 0 Å². The molecule has 0 unspecified atom stereocenters. The Morgan fingerprint density at radius 2 is 2.29 bits per heavy atom. The van der Waals surface area contributed by atoms with Gasteiger partial charge in [0.2, 0.25) is 0 Å². The number of phenols is 1. The topological polar surface area (TPSA) is 41.5 Å². The molecule has 0 aliphatic carbocycles. The second-order valence-electron chi connectivity index (χ2n) is 3.34. The van der Waals surface area contributed by atoms with Crippen molar-refractivity contribution in [2.75, 3.05) is 13.7 Å². The maximum Gasteiger partial charge on any atom is 0.162 e. The van der Waals surface area contributed by atoms with Crippen LogP contribution in [0.1, 0.15) is 18.0 Å². The maximum atomic E-state index is 9.86. The molecule has 0 saturated carbocycles. The highest BCUT2D eigenvalue weighted by atomic mass is 79.9. The number of methoxy groups -OCH3 is 1. The Hall–Kier alpha value is -0.740. The summed E-state index contributed by atoms with van der Waals surface area (Å²) >= 11 is 3.39. The van der Waals surface area contributed by atoms with E-state index in [1.54, 1.807) is 13.2 Å². The summed E-state index contributed by atoms with van der Waals surface area (Å²) in [7, 11) is 1.56. The van der Waals surface area contributed by atoms with Crippen LogP contribution in [0.25, 0.3) is 0 Å². The molecule has 0 amide bonds. The molecule has 1 aromatic rings. The number of hydrogen-bond acceptors (Lipinski definition) is 3. The SMILES string of the molecule is COc1cc(Br)cc([C@@H]2CCN2)c1O. The first-order chi connectivity index (χ1) is 6.72. The van der Waals surface area contributed by atoms with Gasteiger partial charge in [0.15, 0.2) is 11.5 Å². The highest BCUT2D eigenvalue weighted by molar-refractivity contribution is 9.10. The lowest BCUT2D eigenvalue weighted by Crippen LogP contribution is -2.34. The predicted molar refractivity (Wildman–Crippen MR) is 57.7 cm³/mol. The van der Waals surface area contributed by atoms with Crippen LogP contribution in [0.3, 0.4) is 0 Å². The minimum absolute atomic E-state index is 0.243.